The molecule has 0 amide bonds. The van der Waals surface area contributed by atoms with E-state index in [-0.39, 0.29) is 0 Å². The molecule has 0 N–H and O–H groups in total. The molecule has 1 aromatic carbocycles. The lowest BCUT2D eigenvalue weighted by molar-refractivity contribution is 0.713. The summed E-state index contributed by atoms with van der Waals surface area (Å²) in [6.45, 7) is 4.52. The molecule has 0 fully saturated rings. The average molecular weight is 222 g/mol. The minimum atomic E-state index is 0.540. The van der Waals surface area contributed by atoms with E-state index in [1.807, 2.05) is 0 Å². The van der Waals surface area contributed by atoms with Crippen molar-refractivity contribution in [3.8, 4) is 0 Å². The second kappa shape index (κ2) is 4.03. The van der Waals surface area contributed by atoms with Crippen LogP contribution < -0.4 is 0 Å². The molecule has 2 atom stereocenters. The molecule has 0 aromatic heterocycles. The van der Waals surface area contributed by atoms with Crippen molar-refractivity contribution in [3.63, 3.8) is 0 Å². The summed E-state index contributed by atoms with van der Waals surface area (Å²) in [6, 6.07) is 8.72. The van der Waals surface area contributed by atoms with Gasteiger partial charge in [0.1, 0.15) is 0 Å². The summed E-state index contributed by atoms with van der Waals surface area (Å²) in [4.78, 5) is 0. The van der Waals surface area contributed by atoms with Crippen molar-refractivity contribution in [2.45, 2.75) is 19.8 Å². The SMILES string of the molecule is CC(C)C1=CC(C2C=Cc3ccccc32)C=C1. The highest BCUT2D eigenvalue weighted by Crippen LogP contribution is 2.39. The van der Waals surface area contributed by atoms with Crippen molar-refractivity contribution in [3.05, 3.63) is 65.3 Å². The number of hydrogen-bond acceptors (Lipinski definition) is 0. The van der Waals surface area contributed by atoms with E-state index in [4.69, 9.17) is 0 Å². The highest BCUT2D eigenvalue weighted by atomic mass is 14.3. The third-order valence-corrected chi connectivity index (χ3v) is 3.82. The van der Waals surface area contributed by atoms with Gasteiger partial charge >= 0.3 is 0 Å². The first-order chi connectivity index (χ1) is 8.25. The fourth-order valence-electron chi connectivity index (χ4n) is 2.78. The summed E-state index contributed by atoms with van der Waals surface area (Å²) in [5.74, 6) is 1.72. The van der Waals surface area contributed by atoms with Crippen LogP contribution in [0.4, 0.5) is 0 Å². The van der Waals surface area contributed by atoms with Gasteiger partial charge in [-0.3, -0.25) is 0 Å². The zero-order valence-electron chi connectivity index (χ0n) is 10.4. The van der Waals surface area contributed by atoms with Crippen molar-refractivity contribution < 1.29 is 0 Å². The van der Waals surface area contributed by atoms with Crippen LogP contribution in [0.3, 0.4) is 0 Å². The molecule has 0 spiro atoms. The Hall–Kier alpha value is -1.56. The monoisotopic (exact) mass is 222 g/mol. The molecule has 86 valence electrons. The number of rotatable bonds is 2. The van der Waals surface area contributed by atoms with Crippen LogP contribution in [0.5, 0.6) is 0 Å². The predicted octanol–water partition coefficient (Wildman–Crippen LogP) is 4.57. The van der Waals surface area contributed by atoms with Crippen molar-refractivity contribution >= 4 is 6.08 Å². The van der Waals surface area contributed by atoms with Crippen LogP contribution in [0.25, 0.3) is 6.08 Å². The van der Waals surface area contributed by atoms with E-state index in [1.54, 1.807) is 0 Å². The molecule has 0 saturated carbocycles. The van der Waals surface area contributed by atoms with Gasteiger partial charge in [0.15, 0.2) is 0 Å². The second-order valence-electron chi connectivity index (χ2n) is 5.27. The standard InChI is InChI=1S/C17H18/c1-12(2)14-7-8-15(11-14)17-10-9-13-5-3-4-6-16(13)17/h3-12,15,17H,1-2H3. The minimum Gasteiger partial charge on any atom is -0.0764 e. The van der Waals surface area contributed by atoms with E-state index in [2.05, 4.69) is 68.5 Å². The number of hydrogen-bond donors (Lipinski definition) is 0. The molecule has 3 rings (SSSR count). The Bertz CT molecular complexity index is 515. The normalized spacial score (nSPS) is 25.5. The number of fused-ring (bicyclic) bond motifs is 1. The van der Waals surface area contributed by atoms with Gasteiger partial charge in [-0.1, -0.05) is 68.5 Å². The maximum atomic E-state index is 2.43. The summed E-state index contributed by atoms with van der Waals surface area (Å²) in [7, 11) is 0. The molecule has 0 bridgehead atoms. The molecular weight excluding hydrogens is 204 g/mol. The lowest BCUT2D eigenvalue weighted by Gasteiger charge is -2.15. The van der Waals surface area contributed by atoms with Gasteiger partial charge in [0.05, 0.1) is 0 Å². The second-order valence-corrected chi connectivity index (χ2v) is 5.27. The van der Waals surface area contributed by atoms with E-state index in [1.165, 1.54) is 16.7 Å². The molecule has 0 saturated heterocycles. The van der Waals surface area contributed by atoms with Gasteiger partial charge in [-0.15, -0.1) is 0 Å². The van der Waals surface area contributed by atoms with E-state index in [9.17, 15) is 0 Å². The highest BCUT2D eigenvalue weighted by molar-refractivity contribution is 5.63. The fraction of sp³-hybridized carbons (Fsp3) is 0.294. The topological polar surface area (TPSA) is 0 Å². The van der Waals surface area contributed by atoms with Crippen LogP contribution in [0, 0.1) is 11.8 Å². The summed E-state index contributed by atoms with van der Waals surface area (Å²) >= 11 is 0. The van der Waals surface area contributed by atoms with E-state index in [0.717, 1.165) is 0 Å². The maximum absolute atomic E-state index is 2.43. The van der Waals surface area contributed by atoms with Crippen molar-refractivity contribution in [2.24, 2.45) is 11.8 Å². The van der Waals surface area contributed by atoms with Crippen molar-refractivity contribution in [1.82, 2.24) is 0 Å². The predicted molar refractivity (Wildman–Crippen MR) is 73.8 cm³/mol. The summed E-state index contributed by atoms with van der Waals surface area (Å²) < 4.78 is 0. The molecule has 0 heteroatoms. The summed E-state index contributed by atoms with van der Waals surface area (Å²) in [5, 5.41) is 0. The Morgan fingerprint density at radius 2 is 1.82 bits per heavy atom. The van der Waals surface area contributed by atoms with Crippen LogP contribution >= 0.6 is 0 Å². The molecule has 2 aliphatic carbocycles. The first kappa shape index (κ1) is 10.6. The lowest BCUT2D eigenvalue weighted by atomic mass is 9.88. The maximum Gasteiger partial charge on any atom is 0.0125 e. The fourth-order valence-corrected chi connectivity index (χ4v) is 2.78. The van der Waals surface area contributed by atoms with Crippen LogP contribution in [0.1, 0.15) is 30.9 Å². The Kier molecular flexibility index (Phi) is 2.51. The van der Waals surface area contributed by atoms with Crippen LogP contribution in [0.2, 0.25) is 0 Å². The van der Waals surface area contributed by atoms with E-state index in [0.29, 0.717) is 17.8 Å². The smallest absolute Gasteiger partial charge is 0.0125 e. The first-order valence-electron chi connectivity index (χ1n) is 6.43. The first-order valence-corrected chi connectivity index (χ1v) is 6.43. The average Bonchev–Trinajstić information content (AvgIpc) is 2.95. The zero-order valence-corrected chi connectivity index (χ0v) is 10.4. The molecule has 0 nitrogen and oxygen atoms in total. The van der Waals surface area contributed by atoms with Gasteiger partial charge in [0.2, 0.25) is 0 Å². The van der Waals surface area contributed by atoms with Crippen LogP contribution in [-0.2, 0) is 0 Å². The third-order valence-electron chi connectivity index (χ3n) is 3.82. The molecule has 17 heavy (non-hydrogen) atoms. The molecule has 0 aliphatic heterocycles. The van der Waals surface area contributed by atoms with Crippen LogP contribution in [0.15, 0.2) is 54.1 Å². The lowest BCUT2D eigenvalue weighted by Crippen LogP contribution is -2.03. The Labute approximate surface area is 103 Å². The molecular formula is C17H18. The highest BCUT2D eigenvalue weighted by Gasteiger charge is 2.25. The van der Waals surface area contributed by atoms with Crippen LogP contribution in [-0.4, -0.2) is 0 Å². The van der Waals surface area contributed by atoms with Crippen molar-refractivity contribution in [2.75, 3.05) is 0 Å². The summed E-state index contributed by atoms with van der Waals surface area (Å²) in [5.41, 5.74) is 4.34. The van der Waals surface area contributed by atoms with Gasteiger partial charge < -0.3 is 0 Å². The summed E-state index contributed by atoms with van der Waals surface area (Å²) in [6.07, 6.45) is 11.7. The number of allylic oxidation sites excluding steroid dienone is 5. The van der Waals surface area contributed by atoms with Crippen molar-refractivity contribution in [1.29, 1.82) is 0 Å². The minimum absolute atomic E-state index is 0.540. The number of benzene rings is 1. The van der Waals surface area contributed by atoms with Gasteiger partial charge in [0.25, 0.3) is 0 Å². The quantitative estimate of drug-likeness (QED) is 0.688. The molecule has 2 unspecified atom stereocenters. The Balaban J connectivity index is 1.90. The van der Waals surface area contributed by atoms with Gasteiger partial charge in [-0.05, 0) is 22.6 Å². The van der Waals surface area contributed by atoms with E-state index < -0.39 is 0 Å². The zero-order chi connectivity index (χ0) is 11.8. The molecule has 2 aliphatic rings. The third kappa shape index (κ3) is 1.78. The van der Waals surface area contributed by atoms with Gasteiger partial charge in [-0.25, -0.2) is 0 Å². The van der Waals surface area contributed by atoms with E-state index >= 15 is 0 Å². The largest absolute Gasteiger partial charge is 0.0764 e. The molecule has 0 radical (unpaired) electrons. The Morgan fingerprint density at radius 3 is 2.59 bits per heavy atom. The van der Waals surface area contributed by atoms with Gasteiger partial charge in [0, 0.05) is 11.8 Å². The molecule has 0 heterocycles. The molecule has 1 aromatic rings. The van der Waals surface area contributed by atoms with Gasteiger partial charge in [-0.2, -0.15) is 0 Å². The Morgan fingerprint density at radius 1 is 1.00 bits per heavy atom.